The van der Waals surface area contributed by atoms with Crippen molar-refractivity contribution in [1.29, 1.82) is 0 Å². The molecule has 4 nitrogen and oxygen atoms in total. The highest BCUT2D eigenvalue weighted by Gasteiger charge is 2.06. The number of aromatic amines is 1. The van der Waals surface area contributed by atoms with Crippen molar-refractivity contribution in [2.24, 2.45) is 0 Å². The predicted molar refractivity (Wildman–Crippen MR) is 77.3 cm³/mol. The van der Waals surface area contributed by atoms with Crippen LogP contribution in [0.4, 0.5) is 11.5 Å². The largest absolute Gasteiger partial charge is 0.339 e. The zero-order valence-corrected chi connectivity index (χ0v) is 12.0. The van der Waals surface area contributed by atoms with Crippen LogP contribution in [-0.4, -0.2) is 9.97 Å². The van der Waals surface area contributed by atoms with Crippen molar-refractivity contribution in [1.82, 2.24) is 9.97 Å². The standard InChI is InChI=1S/C10H6Cl2IN3O/c11-5-1-6(12)3-7(2-5)16-9-8(13)10(17)15-4-14-9/h1-4H,(H2,14,15,16,17). The molecule has 0 saturated carbocycles. The van der Waals surface area contributed by atoms with Crippen molar-refractivity contribution < 1.29 is 0 Å². The monoisotopic (exact) mass is 381 g/mol. The minimum atomic E-state index is -0.198. The van der Waals surface area contributed by atoms with E-state index in [1.54, 1.807) is 18.2 Å². The summed E-state index contributed by atoms with van der Waals surface area (Å²) >= 11 is 13.7. The lowest BCUT2D eigenvalue weighted by Gasteiger charge is -2.07. The Morgan fingerprint density at radius 3 is 2.53 bits per heavy atom. The quantitative estimate of drug-likeness (QED) is 0.783. The summed E-state index contributed by atoms with van der Waals surface area (Å²) in [6.45, 7) is 0. The number of nitrogens with zero attached hydrogens (tertiary/aromatic N) is 1. The van der Waals surface area contributed by atoms with Crippen LogP contribution >= 0.6 is 45.8 Å². The molecule has 2 aromatic rings. The molecular formula is C10H6Cl2IN3O. The van der Waals surface area contributed by atoms with E-state index in [9.17, 15) is 4.79 Å². The average Bonchev–Trinajstić information content (AvgIpc) is 2.23. The van der Waals surface area contributed by atoms with E-state index in [0.29, 0.717) is 25.1 Å². The molecule has 0 bridgehead atoms. The van der Waals surface area contributed by atoms with E-state index in [0.717, 1.165) is 0 Å². The van der Waals surface area contributed by atoms with Crippen molar-refractivity contribution in [3.63, 3.8) is 0 Å². The van der Waals surface area contributed by atoms with Crippen LogP contribution < -0.4 is 10.9 Å². The van der Waals surface area contributed by atoms with Gasteiger partial charge in [0.05, 0.1) is 6.33 Å². The molecule has 1 aromatic carbocycles. The summed E-state index contributed by atoms with van der Waals surface area (Å²) in [6, 6.07) is 5.03. The van der Waals surface area contributed by atoms with Gasteiger partial charge in [-0.2, -0.15) is 0 Å². The van der Waals surface area contributed by atoms with Crippen molar-refractivity contribution in [3.8, 4) is 0 Å². The Morgan fingerprint density at radius 1 is 1.24 bits per heavy atom. The van der Waals surface area contributed by atoms with Crippen molar-refractivity contribution in [2.75, 3.05) is 5.32 Å². The Kier molecular flexibility index (Phi) is 3.90. The first kappa shape index (κ1) is 12.7. The molecule has 7 heteroatoms. The lowest BCUT2D eigenvalue weighted by molar-refractivity contribution is 1.10. The molecule has 2 N–H and O–H groups in total. The maximum absolute atomic E-state index is 11.4. The van der Waals surface area contributed by atoms with E-state index in [-0.39, 0.29) is 5.56 Å². The minimum Gasteiger partial charge on any atom is -0.339 e. The zero-order valence-electron chi connectivity index (χ0n) is 8.30. The lowest BCUT2D eigenvalue weighted by atomic mass is 10.3. The fourth-order valence-electron chi connectivity index (χ4n) is 1.23. The summed E-state index contributed by atoms with van der Waals surface area (Å²) in [6.07, 6.45) is 1.33. The van der Waals surface area contributed by atoms with E-state index in [1.807, 2.05) is 22.6 Å². The summed E-state index contributed by atoms with van der Waals surface area (Å²) < 4.78 is 0.473. The summed E-state index contributed by atoms with van der Waals surface area (Å²) in [5.74, 6) is 0.465. The second-order valence-corrected chi connectivity index (χ2v) is 5.13. The van der Waals surface area contributed by atoms with Crippen LogP contribution in [0.5, 0.6) is 0 Å². The van der Waals surface area contributed by atoms with Gasteiger partial charge in [0.15, 0.2) is 5.82 Å². The van der Waals surface area contributed by atoms with E-state index in [1.165, 1.54) is 6.33 Å². The molecule has 1 heterocycles. The molecule has 17 heavy (non-hydrogen) atoms. The topological polar surface area (TPSA) is 57.8 Å². The maximum Gasteiger partial charge on any atom is 0.266 e. The number of rotatable bonds is 2. The first-order chi connectivity index (χ1) is 8.06. The minimum absolute atomic E-state index is 0.198. The molecule has 2 rings (SSSR count). The second-order valence-electron chi connectivity index (χ2n) is 3.18. The van der Waals surface area contributed by atoms with E-state index in [4.69, 9.17) is 23.2 Å². The summed E-state index contributed by atoms with van der Waals surface area (Å²) in [4.78, 5) is 17.9. The molecule has 88 valence electrons. The van der Waals surface area contributed by atoms with Gasteiger partial charge in [0, 0.05) is 15.7 Å². The van der Waals surface area contributed by atoms with Crippen molar-refractivity contribution in [2.45, 2.75) is 0 Å². The van der Waals surface area contributed by atoms with Gasteiger partial charge >= 0.3 is 0 Å². The van der Waals surface area contributed by atoms with Gasteiger partial charge in [-0.05, 0) is 40.8 Å². The van der Waals surface area contributed by atoms with Gasteiger partial charge in [-0.15, -0.1) is 0 Å². The van der Waals surface area contributed by atoms with Crippen LogP contribution in [0.2, 0.25) is 10.0 Å². The molecule has 0 radical (unpaired) electrons. The highest BCUT2D eigenvalue weighted by molar-refractivity contribution is 14.1. The summed E-state index contributed by atoms with van der Waals surface area (Å²) in [7, 11) is 0. The van der Waals surface area contributed by atoms with Crippen LogP contribution in [0.3, 0.4) is 0 Å². The smallest absolute Gasteiger partial charge is 0.266 e. The molecule has 0 atom stereocenters. The Morgan fingerprint density at radius 2 is 1.88 bits per heavy atom. The second kappa shape index (κ2) is 5.24. The average molecular weight is 382 g/mol. The molecule has 1 aromatic heterocycles. The Labute approximate surface area is 121 Å². The molecule has 0 unspecified atom stereocenters. The van der Waals surface area contributed by atoms with Crippen molar-refractivity contribution >= 4 is 57.3 Å². The number of hydrogen-bond acceptors (Lipinski definition) is 3. The lowest BCUT2D eigenvalue weighted by Crippen LogP contribution is -2.12. The normalized spacial score (nSPS) is 10.3. The fraction of sp³-hybridized carbons (Fsp3) is 0. The summed E-state index contributed by atoms with van der Waals surface area (Å²) in [5.41, 5.74) is 0.481. The third-order valence-corrected chi connectivity index (χ3v) is 3.36. The maximum atomic E-state index is 11.4. The predicted octanol–water partition coefficient (Wildman–Crippen LogP) is 3.42. The Bertz CT molecular complexity index is 594. The fourth-order valence-corrected chi connectivity index (χ4v) is 2.19. The summed E-state index contributed by atoms with van der Waals surface area (Å²) in [5, 5.41) is 4.01. The number of anilines is 2. The van der Waals surface area contributed by atoms with E-state index >= 15 is 0 Å². The van der Waals surface area contributed by atoms with Crippen LogP contribution in [0.1, 0.15) is 0 Å². The van der Waals surface area contributed by atoms with E-state index < -0.39 is 0 Å². The number of H-pyrrole nitrogens is 1. The highest BCUT2D eigenvalue weighted by atomic mass is 127. The molecule has 0 aliphatic heterocycles. The molecule has 0 amide bonds. The van der Waals surface area contributed by atoms with Gasteiger partial charge in [0.25, 0.3) is 5.56 Å². The van der Waals surface area contributed by atoms with E-state index in [2.05, 4.69) is 15.3 Å². The van der Waals surface area contributed by atoms with Gasteiger partial charge in [0.1, 0.15) is 3.57 Å². The Balaban J connectivity index is 2.38. The van der Waals surface area contributed by atoms with Crippen molar-refractivity contribution in [3.05, 3.63) is 48.5 Å². The first-order valence-corrected chi connectivity index (χ1v) is 6.36. The number of aromatic nitrogens is 2. The molecule has 0 aliphatic rings. The van der Waals surface area contributed by atoms with Crippen LogP contribution in [-0.2, 0) is 0 Å². The zero-order chi connectivity index (χ0) is 12.4. The SMILES string of the molecule is O=c1[nH]cnc(Nc2cc(Cl)cc(Cl)c2)c1I. The van der Waals surface area contributed by atoms with Crippen LogP contribution in [0, 0.1) is 3.57 Å². The van der Waals surface area contributed by atoms with Gasteiger partial charge in [-0.25, -0.2) is 4.98 Å². The first-order valence-electron chi connectivity index (χ1n) is 4.52. The van der Waals surface area contributed by atoms with Crippen LogP contribution in [0.15, 0.2) is 29.3 Å². The van der Waals surface area contributed by atoms with Gasteiger partial charge in [0.2, 0.25) is 0 Å². The third-order valence-electron chi connectivity index (χ3n) is 1.92. The molecular weight excluding hydrogens is 376 g/mol. The number of hydrogen-bond donors (Lipinski definition) is 2. The number of benzene rings is 1. The molecule has 0 spiro atoms. The Hall–Kier alpha value is -0.790. The van der Waals surface area contributed by atoms with Gasteiger partial charge in [-0.1, -0.05) is 23.2 Å². The number of halogens is 3. The molecule has 0 aliphatic carbocycles. The van der Waals surface area contributed by atoms with Crippen LogP contribution in [0.25, 0.3) is 0 Å². The molecule has 0 saturated heterocycles. The highest BCUT2D eigenvalue weighted by Crippen LogP contribution is 2.25. The van der Waals surface area contributed by atoms with Gasteiger partial charge < -0.3 is 10.3 Å². The number of nitrogens with one attached hydrogen (secondary N) is 2. The third kappa shape index (κ3) is 3.11. The van der Waals surface area contributed by atoms with Gasteiger partial charge in [-0.3, -0.25) is 4.79 Å². The molecule has 0 fully saturated rings.